The maximum atomic E-state index is 11.5. The van der Waals surface area contributed by atoms with E-state index < -0.39 is 6.09 Å². The summed E-state index contributed by atoms with van der Waals surface area (Å²) in [5, 5.41) is 26.4. The number of benzene rings is 2. The van der Waals surface area contributed by atoms with Crippen LogP contribution in [0.1, 0.15) is 11.5 Å². The van der Waals surface area contributed by atoms with E-state index >= 15 is 0 Å². The van der Waals surface area contributed by atoms with Crippen LogP contribution in [-0.2, 0) is 0 Å². The Morgan fingerprint density at radius 1 is 1.11 bits per heavy atom. The van der Waals surface area contributed by atoms with Crippen LogP contribution in [0.2, 0.25) is 0 Å². The van der Waals surface area contributed by atoms with Crippen molar-refractivity contribution >= 4 is 22.7 Å². The third-order valence-corrected chi connectivity index (χ3v) is 4.48. The molecule has 0 saturated heterocycles. The van der Waals surface area contributed by atoms with Gasteiger partial charge in [-0.3, -0.25) is 5.32 Å². The van der Waals surface area contributed by atoms with Gasteiger partial charge in [-0.2, -0.15) is 0 Å². The molecule has 0 saturated carbocycles. The summed E-state index contributed by atoms with van der Waals surface area (Å²) in [6, 6.07) is 14.2. The third-order valence-electron chi connectivity index (χ3n) is 4.48. The molecule has 2 aromatic heterocycles. The zero-order chi connectivity index (χ0) is 19.1. The maximum absolute atomic E-state index is 11.5. The number of aromatic hydroxyl groups is 1. The summed E-state index contributed by atoms with van der Waals surface area (Å²) in [7, 11) is 0. The first-order chi connectivity index (χ1) is 13.0. The van der Waals surface area contributed by atoms with E-state index in [1.54, 1.807) is 31.2 Å². The molecular formula is C20H17N3O4. The molecule has 0 aliphatic carbocycles. The molecule has 7 heteroatoms. The summed E-state index contributed by atoms with van der Waals surface area (Å²) >= 11 is 0. The van der Waals surface area contributed by atoms with E-state index in [0.29, 0.717) is 22.8 Å². The molecule has 0 aliphatic heterocycles. The fraction of sp³-hybridized carbons (Fsp3) is 0.100. The van der Waals surface area contributed by atoms with E-state index in [1.807, 2.05) is 35.8 Å². The Morgan fingerprint density at radius 2 is 1.81 bits per heavy atom. The number of hydrogen-bond acceptors (Lipinski definition) is 4. The molecule has 0 aliphatic rings. The number of nitrogens with one attached hydrogen (secondary N) is 1. The molecule has 0 unspecified atom stereocenters. The van der Waals surface area contributed by atoms with E-state index in [1.165, 1.54) is 0 Å². The largest absolute Gasteiger partial charge is 0.508 e. The average molecular weight is 363 g/mol. The van der Waals surface area contributed by atoms with Gasteiger partial charge in [0.1, 0.15) is 11.5 Å². The molecule has 3 N–H and O–H groups in total. The second-order valence-electron chi connectivity index (χ2n) is 6.22. The van der Waals surface area contributed by atoms with Crippen LogP contribution in [0.3, 0.4) is 0 Å². The molecule has 0 fully saturated rings. The first-order valence-corrected chi connectivity index (χ1v) is 8.33. The smallest absolute Gasteiger partial charge is 0.409 e. The van der Waals surface area contributed by atoms with Crippen molar-refractivity contribution in [2.75, 3.05) is 5.32 Å². The van der Waals surface area contributed by atoms with Crippen LogP contribution in [0.15, 0.2) is 53.1 Å². The first-order valence-electron chi connectivity index (χ1n) is 8.33. The minimum absolute atomic E-state index is 0.151. The summed E-state index contributed by atoms with van der Waals surface area (Å²) in [5.41, 5.74) is 4.08. The van der Waals surface area contributed by atoms with E-state index in [9.17, 15) is 15.0 Å². The highest BCUT2D eigenvalue weighted by Crippen LogP contribution is 2.42. The van der Waals surface area contributed by atoms with Crippen molar-refractivity contribution in [3.05, 3.63) is 60.0 Å². The highest BCUT2D eigenvalue weighted by Gasteiger charge is 2.25. The number of phenols is 1. The zero-order valence-electron chi connectivity index (χ0n) is 14.7. The first kappa shape index (κ1) is 16.7. The highest BCUT2D eigenvalue weighted by atomic mass is 16.5. The van der Waals surface area contributed by atoms with E-state index in [0.717, 1.165) is 22.2 Å². The quantitative estimate of drug-likeness (QED) is 0.490. The normalized spacial score (nSPS) is 11.0. The van der Waals surface area contributed by atoms with Crippen molar-refractivity contribution in [2.45, 2.75) is 13.8 Å². The number of aromatic nitrogens is 2. The lowest BCUT2D eigenvalue weighted by molar-refractivity contribution is 0.210. The third kappa shape index (κ3) is 2.69. The number of rotatable bonds is 3. The van der Waals surface area contributed by atoms with Crippen molar-refractivity contribution in [1.29, 1.82) is 0 Å². The van der Waals surface area contributed by atoms with Crippen molar-refractivity contribution < 1.29 is 19.5 Å². The number of phenolic OH excluding ortho intramolecular Hbond substituents is 1. The van der Waals surface area contributed by atoms with Gasteiger partial charge in [0.2, 0.25) is 0 Å². The Labute approximate surface area is 154 Å². The number of fused-ring (bicyclic) bond motifs is 1. The summed E-state index contributed by atoms with van der Waals surface area (Å²) in [6.07, 6.45) is -1.16. The van der Waals surface area contributed by atoms with Gasteiger partial charge in [-0.15, -0.1) is 0 Å². The Hall–Kier alpha value is -3.74. The van der Waals surface area contributed by atoms with Gasteiger partial charge in [-0.25, -0.2) is 4.79 Å². The monoisotopic (exact) mass is 363 g/mol. The molecule has 0 bridgehead atoms. The summed E-state index contributed by atoms with van der Waals surface area (Å²) in [6.45, 7) is 3.61. The second kappa shape index (κ2) is 6.21. The molecule has 0 spiro atoms. The number of amides is 1. The summed E-state index contributed by atoms with van der Waals surface area (Å²) in [4.78, 5) is 11.5. The predicted molar refractivity (Wildman–Crippen MR) is 102 cm³/mol. The van der Waals surface area contributed by atoms with Crippen LogP contribution in [0, 0.1) is 13.8 Å². The van der Waals surface area contributed by atoms with Crippen molar-refractivity contribution in [2.24, 2.45) is 0 Å². The zero-order valence-corrected chi connectivity index (χ0v) is 14.7. The molecule has 2 aromatic carbocycles. The van der Waals surface area contributed by atoms with Crippen LogP contribution in [0.25, 0.3) is 27.8 Å². The number of carboxylic acid groups (broad SMARTS) is 1. The number of hydrogen-bond donors (Lipinski definition) is 3. The lowest BCUT2D eigenvalue weighted by Gasteiger charge is -2.12. The fourth-order valence-corrected chi connectivity index (χ4v) is 3.40. The molecule has 27 heavy (non-hydrogen) atoms. The standard InChI is InChI=1S/C20H17N3O4/c1-11-17(12(2)27-22-11)19-18(21-20(25)26)15-5-3-4-6-16(15)23(19)13-7-9-14(24)10-8-13/h3-10,21,24H,1-2H3,(H,25,26). The lowest BCUT2D eigenvalue weighted by atomic mass is 10.1. The van der Waals surface area contributed by atoms with Gasteiger partial charge in [-0.1, -0.05) is 23.4 Å². The molecular weight excluding hydrogens is 346 g/mol. The minimum Gasteiger partial charge on any atom is -0.508 e. The van der Waals surface area contributed by atoms with Gasteiger partial charge in [0.05, 0.1) is 28.2 Å². The summed E-state index contributed by atoms with van der Waals surface area (Å²) < 4.78 is 7.27. The van der Waals surface area contributed by atoms with Crippen molar-refractivity contribution in [3.8, 4) is 22.7 Å². The van der Waals surface area contributed by atoms with Gasteiger partial charge in [0, 0.05) is 11.1 Å². The summed E-state index contributed by atoms with van der Waals surface area (Å²) in [5.74, 6) is 0.738. The van der Waals surface area contributed by atoms with Crippen LogP contribution in [-0.4, -0.2) is 26.0 Å². The van der Waals surface area contributed by atoms with Gasteiger partial charge in [-0.05, 0) is 44.2 Å². The molecule has 0 atom stereocenters. The molecule has 7 nitrogen and oxygen atoms in total. The topological polar surface area (TPSA) is 101 Å². The molecule has 2 heterocycles. The second-order valence-corrected chi connectivity index (χ2v) is 6.22. The number of aryl methyl sites for hydroxylation is 2. The Bertz CT molecular complexity index is 1140. The maximum Gasteiger partial charge on any atom is 0.409 e. The Balaban J connectivity index is 2.16. The number of carbonyl (C=O) groups is 1. The molecule has 1 amide bonds. The predicted octanol–water partition coefficient (Wildman–Crippen LogP) is 4.70. The lowest BCUT2D eigenvalue weighted by Crippen LogP contribution is -2.09. The molecule has 136 valence electrons. The van der Waals surface area contributed by atoms with Crippen LogP contribution in [0.5, 0.6) is 5.75 Å². The molecule has 0 radical (unpaired) electrons. The Kier molecular flexibility index (Phi) is 3.84. The van der Waals surface area contributed by atoms with Crippen molar-refractivity contribution in [1.82, 2.24) is 9.72 Å². The molecule has 4 aromatic rings. The highest BCUT2D eigenvalue weighted by molar-refractivity contribution is 6.08. The van der Waals surface area contributed by atoms with E-state index in [2.05, 4.69) is 10.5 Å². The number of nitrogens with zero attached hydrogens (tertiary/aromatic N) is 2. The van der Waals surface area contributed by atoms with Crippen molar-refractivity contribution in [3.63, 3.8) is 0 Å². The van der Waals surface area contributed by atoms with Gasteiger partial charge in [0.15, 0.2) is 0 Å². The molecule has 4 rings (SSSR count). The van der Waals surface area contributed by atoms with E-state index in [-0.39, 0.29) is 5.75 Å². The SMILES string of the molecule is Cc1noc(C)c1-c1c(NC(=O)O)c2ccccc2n1-c1ccc(O)cc1. The van der Waals surface area contributed by atoms with Crippen LogP contribution in [0.4, 0.5) is 10.5 Å². The average Bonchev–Trinajstić information content (AvgIpc) is 3.13. The van der Waals surface area contributed by atoms with E-state index in [4.69, 9.17) is 4.52 Å². The number of para-hydroxylation sites is 1. The Morgan fingerprint density at radius 3 is 2.44 bits per heavy atom. The van der Waals surface area contributed by atoms with Gasteiger partial charge >= 0.3 is 6.09 Å². The van der Waals surface area contributed by atoms with Gasteiger partial charge < -0.3 is 19.3 Å². The van der Waals surface area contributed by atoms with Crippen LogP contribution >= 0.6 is 0 Å². The van der Waals surface area contributed by atoms with Gasteiger partial charge in [0.25, 0.3) is 0 Å². The van der Waals surface area contributed by atoms with Crippen LogP contribution < -0.4 is 5.32 Å². The fourth-order valence-electron chi connectivity index (χ4n) is 3.40. The minimum atomic E-state index is -1.16. The number of anilines is 1.